The lowest BCUT2D eigenvalue weighted by Gasteiger charge is -2.18. The molecule has 2 aliphatic rings. The van der Waals surface area contributed by atoms with E-state index in [4.69, 9.17) is 4.74 Å². The molecule has 0 aliphatic carbocycles. The number of carbonyl (C=O) groups is 4. The average Bonchev–Trinajstić information content (AvgIpc) is 3.24. The van der Waals surface area contributed by atoms with E-state index in [2.05, 4.69) is 5.32 Å². The number of imide groups is 1. The van der Waals surface area contributed by atoms with E-state index in [1.807, 2.05) is 19.1 Å². The van der Waals surface area contributed by atoms with Gasteiger partial charge in [0, 0.05) is 31.6 Å². The van der Waals surface area contributed by atoms with Crippen molar-refractivity contribution in [2.24, 2.45) is 0 Å². The van der Waals surface area contributed by atoms with Gasteiger partial charge >= 0.3 is 0 Å². The summed E-state index contributed by atoms with van der Waals surface area (Å²) in [5.74, 6) is -0.411. The highest BCUT2D eigenvalue weighted by Gasteiger charge is 2.36. The Hall–Kier alpha value is -3.68. The first-order valence-corrected chi connectivity index (χ1v) is 10.3. The molecule has 0 radical (unpaired) electrons. The Labute approximate surface area is 179 Å². The standard InChI is InChI=1S/C23H23N3O5/c1-2-31-17-9-7-16(8-10-17)26-14-15(13-21(26)28)24-20(27)11-12-25-22(29)18-5-3-4-6-19(18)23(25)30/h3-10,15H,2,11-14H2,1H3,(H,24,27)/t15-/m1/s1. The van der Waals surface area contributed by atoms with Crippen LogP contribution in [-0.4, -0.2) is 54.3 Å². The number of nitrogens with zero attached hydrogens (tertiary/aromatic N) is 2. The third kappa shape index (κ3) is 4.14. The van der Waals surface area contributed by atoms with E-state index < -0.39 is 0 Å². The maximum atomic E-state index is 12.4. The Balaban J connectivity index is 1.30. The minimum atomic E-state index is -0.383. The van der Waals surface area contributed by atoms with E-state index in [1.165, 1.54) is 0 Å². The van der Waals surface area contributed by atoms with Crippen LogP contribution in [0.15, 0.2) is 48.5 Å². The van der Waals surface area contributed by atoms with Gasteiger partial charge in [-0.05, 0) is 43.3 Å². The molecule has 2 heterocycles. The zero-order valence-electron chi connectivity index (χ0n) is 17.2. The molecule has 1 atom stereocenters. The van der Waals surface area contributed by atoms with E-state index in [0.717, 1.165) is 16.3 Å². The van der Waals surface area contributed by atoms with E-state index in [0.29, 0.717) is 24.3 Å². The number of anilines is 1. The van der Waals surface area contributed by atoms with Crippen molar-refractivity contribution in [1.29, 1.82) is 0 Å². The number of carbonyl (C=O) groups excluding carboxylic acids is 4. The first kappa shape index (κ1) is 20.6. The largest absolute Gasteiger partial charge is 0.494 e. The van der Waals surface area contributed by atoms with Gasteiger partial charge in [-0.15, -0.1) is 0 Å². The molecule has 0 aromatic heterocycles. The molecule has 1 saturated heterocycles. The maximum absolute atomic E-state index is 12.4. The van der Waals surface area contributed by atoms with Gasteiger partial charge in [-0.1, -0.05) is 12.1 Å². The van der Waals surface area contributed by atoms with Crippen LogP contribution in [0.25, 0.3) is 0 Å². The van der Waals surface area contributed by atoms with Crippen molar-refractivity contribution in [3.8, 4) is 5.75 Å². The molecule has 2 aromatic carbocycles. The topological polar surface area (TPSA) is 96.0 Å². The zero-order chi connectivity index (χ0) is 22.0. The highest BCUT2D eigenvalue weighted by Crippen LogP contribution is 2.25. The molecule has 1 N–H and O–H groups in total. The number of hydrogen-bond donors (Lipinski definition) is 1. The van der Waals surface area contributed by atoms with Crippen LogP contribution in [0.4, 0.5) is 5.69 Å². The fourth-order valence-corrected chi connectivity index (χ4v) is 3.90. The third-order valence-electron chi connectivity index (χ3n) is 5.39. The number of rotatable bonds is 7. The smallest absolute Gasteiger partial charge is 0.261 e. The molecule has 0 unspecified atom stereocenters. The molecule has 4 amide bonds. The van der Waals surface area contributed by atoms with Crippen LogP contribution in [0.1, 0.15) is 40.5 Å². The minimum Gasteiger partial charge on any atom is -0.494 e. The fraction of sp³-hybridized carbons (Fsp3) is 0.304. The summed E-state index contributed by atoms with van der Waals surface area (Å²) in [6, 6.07) is 13.5. The molecule has 0 spiro atoms. The Morgan fingerprint density at radius 2 is 1.68 bits per heavy atom. The van der Waals surface area contributed by atoms with Crippen molar-refractivity contribution >= 4 is 29.3 Å². The number of benzene rings is 2. The second-order valence-corrected chi connectivity index (χ2v) is 7.46. The van der Waals surface area contributed by atoms with Crippen molar-refractivity contribution in [1.82, 2.24) is 10.2 Å². The summed E-state index contributed by atoms with van der Waals surface area (Å²) >= 11 is 0. The lowest BCUT2D eigenvalue weighted by atomic mass is 10.1. The summed E-state index contributed by atoms with van der Waals surface area (Å²) in [7, 11) is 0. The van der Waals surface area contributed by atoms with E-state index in [9.17, 15) is 19.2 Å². The highest BCUT2D eigenvalue weighted by atomic mass is 16.5. The second-order valence-electron chi connectivity index (χ2n) is 7.46. The van der Waals surface area contributed by atoms with Gasteiger partial charge in [0.05, 0.1) is 23.8 Å². The molecule has 160 valence electrons. The molecule has 8 heteroatoms. The number of nitrogens with one attached hydrogen (secondary N) is 1. The molecule has 0 bridgehead atoms. The quantitative estimate of drug-likeness (QED) is 0.690. The van der Waals surface area contributed by atoms with Crippen LogP contribution in [-0.2, 0) is 9.59 Å². The predicted molar refractivity (Wildman–Crippen MR) is 113 cm³/mol. The lowest BCUT2D eigenvalue weighted by molar-refractivity contribution is -0.121. The van der Waals surface area contributed by atoms with Crippen LogP contribution >= 0.6 is 0 Å². The highest BCUT2D eigenvalue weighted by molar-refractivity contribution is 6.21. The number of fused-ring (bicyclic) bond motifs is 1. The normalized spacial score (nSPS) is 17.8. The number of amides is 4. The van der Waals surface area contributed by atoms with Crippen molar-refractivity contribution in [3.05, 3.63) is 59.7 Å². The van der Waals surface area contributed by atoms with Crippen LogP contribution < -0.4 is 15.0 Å². The van der Waals surface area contributed by atoms with Crippen molar-refractivity contribution < 1.29 is 23.9 Å². The SMILES string of the molecule is CCOc1ccc(N2C[C@H](NC(=O)CCN3C(=O)c4ccccc4C3=O)CC2=O)cc1. The van der Waals surface area contributed by atoms with Crippen LogP contribution in [0.2, 0.25) is 0 Å². The van der Waals surface area contributed by atoms with E-state index in [1.54, 1.807) is 41.3 Å². The molecule has 2 aromatic rings. The predicted octanol–water partition coefficient (Wildman–Crippen LogP) is 1.99. The van der Waals surface area contributed by atoms with Crippen LogP contribution in [0.5, 0.6) is 5.75 Å². The molecule has 1 fully saturated rings. The summed E-state index contributed by atoms with van der Waals surface area (Å²) in [4.78, 5) is 52.3. The molecule has 8 nitrogen and oxygen atoms in total. The average molecular weight is 421 g/mol. The molecule has 2 aliphatic heterocycles. The van der Waals surface area contributed by atoms with E-state index >= 15 is 0 Å². The maximum Gasteiger partial charge on any atom is 0.261 e. The van der Waals surface area contributed by atoms with Gasteiger partial charge in [0.1, 0.15) is 5.75 Å². The molecule has 4 rings (SSSR count). The minimum absolute atomic E-state index is 0.00144. The Morgan fingerprint density at radius 1 is 1.03 bits per heavy atom. The second kappa shape index (κ2) is 8.59. The summed E-state index contributed by atoms with van der Waals surface area (Å²) in [6.45, 7) is 2.84. The molecular weight excluding hydrogens is 398 g/mol. The lowest BCUT2D eigenvalue weighted by Crippen LogP contribution is -2.39. The van der Waals surface area contributed by atoms with Gasteiger partial charge in [-0.25, -0.2) is 0 Å². The van der Waals surface area contributed by atoms with Crippen molar-refractivity contribution in [3.63, 3.8) is 0 Å². The van der Waals surface area contributed by atoms with Crippen molar-refractivity contribution in [2.75, 3.05) is 24.6 Å². The van der Waals surface area contributed by atoms with Gasteiger partial charge < -0.3 is 15.0 Å². The zero-order valence-corrected chi connectivity index (χ0v) is 17.2. The number of ether oxygens (including phenoxy) is 1. The summed E-state index contributed by atoms with van der Waals surface area (Å²) in [5, 5.41) is 2.84. The van der Waals surface area contributed by atoms with E-state index in [-0.39, 0.29) is 49.1 Å². The van der Waals surface area contributed by atoms with Gasteiger partial charge in [0.25, 0.3) is 11.8 Å². The summed E-state index contributed by atoms with van der Waals surface area (Å²) in [6.07, 6.45) is 0.186. The van der Waals surface area contributed by atoms with Crippen LogP contribution in [0.3, 0.4) is 0 Å². The summed E-state index contributed by atoms with van der Waals surface area (Å²) in [5.41, 5.74) is 1.47. The third-order valence-corrected chi connectivity index (χ3v) is 5.39. The van der Waals surface area contributed by atoms with Crippen LogP contribution in [0, 0.1) is 0 Å². The Morgan fingerprint density at radius 3 is 2.29 bits per heavy atom. The Bertz CT molecular complexity index is 999. The molecular formula is C23H23N3O5. The van der Waals surface area contributed by atoms with Gasteiger partial charge in [0.15, 0.2) is 0 Å². The number of hydrogen-bond acceptors (Lipinski definition) is 5. The fourth-order valence-electron chi connectivity index (χ4n) is 3.90. The summed E-state index contributed by atoms with van der Waals surface area (Å²) < 4.78 is 5.42. The van der Waals surface area contributed by atoms with Gasteiger partial charge in [0.2, 0.25) is 11.8 Å². The monoisotopic (exact) mass is 421 g/mol. The first-order valence-electron chi connectivity index (χ1n) is 10.3. The van der Waals surface area contributed by atoms with Gasteiger partial charge in [-0.2, -0.15) is 0 Å². The molecule has 31 heavy (non-hydrogen) atoms. The van der Waals surface area contributed by atoms with Crippen molar-refractivity contribution in [2.45, 2.75) is 25.8 Å². The molecule has 0 saturated carbocycles. The van der Waals surface area contributed by atoms with Gasteiger partial charge in [-0.3, -0.25) is 24.1 Å². The Kier molecular flexibility index (Phi) is 5.70. The first-order chi connectivity index (χ1) is 15.0.